The molecular weight excluding hydrogens is 508 g/mol. The van der Waals surface area contributed by atoms with E-state index >= 15 is 0 Å². The van der Waals surface area contributed by atoms with Crippen LogP contribution in [0.2, 0.25) is 0 Å². The smallest absolute Gasteiger partial charge is 0.407 e. The minimum atomic E-state index is -1.22. The van der Waals surface area contributed by atoms with Crippen LogP contribution in [0, 0.1) is 11.3 Å². The molecule has 0 unspecified atom stereocenters. The van der Waals surface area contributed by atoms with E-state index in [9.17, 15) is 24.6 Å². The number of fused-ring (bicyclic) bond motifs is 3. The Morgan fingerprint density at radius 1 is 1.05 bits per heavy atom. The van der Waals surface area contributed by atoms with Gasteiger partial charge in [-0.15, -0.1) is 0 Å². The van der Waals surface area contributed by atoms with Crippen LogP contribution in [0.25, 0.3) is 11.1 Å². The number of carbonyl (C=O) groups is 3. The fourth-order valence-electron chi connectivity index (χ4n) is 5.62. The van der Waals surface area contributed by atoms with Crippen LogP contribution in [-0.4, -0.2) is 53.0 Å². The maximum atomic E-state index is 12.9. The van der Waals surface area contributed by atoms with Crippen molar-refractivity contribution < 1.29 is 29.3 Å². The Hall–Kier alpha value is -3.94. The number of allylic oxidation sites excluding steroid dienone is 2. The van der Waals surface area contributed by atoms with E-state index in [1.165, 1.54) is 0 Å². The van der Waals surface area contributed by atoms with Crippen molar-refractivity contribution in [3.63, 3.8) is 0 Å². The first-order chi connectivity index (χ1) is 19.0. The molecule has 3 N–H and O–H groups in total. The molecule has 0 bridgehead atoms. The summed E-state index contributed by atoms with van der Waals surface area (Å²) in [4.78, 5) is 42.0. The molecule has 8 nitrogen and oxygen atoms in total. The summed E-state index contributed by atoms with van der Waals surface area (Å²) in [5.41, 5.74) is 4.75. The quantitative estimate of drug-likeness (QED) is 0.311. The predicted octanol–water partition coefficient (Wildman–Crippen LogP) is 6.06. The highest BCUT2D eigenvalue weighted by Gasteiger charge is 2.35. The van der Waals surface area contributed by atoms with Gasteiger partial charge in [-0.05, 0) is 46.4 Å². The topological polar surface area (TPSA) is 125 Å². The molecule has 1 amide bonds. The van der Waals surface area contributed by atoms with Gasteiger partial charge in [-0.25, -0.2) is 9.59 Å². The average molecular weight is 547 g/mol. The molecule has 1 atom stereocenters. The normalized spacial score (nSPS) is 17.4. The second kappa shape index (κ2) is 12.1. The zero-order valence-corrected chi connectivity index (χ0v) is 23.6. The molecule has 212 valence electrons. The number of aliphatic carboxylic acids is 1. The fourth-order valence-corrected chi connectivity index (χ4v) is 5.62. The highest BCUT2D eigenvalue weighted by Crippen LogP contribution is 2.44. The fraction of sp³-hybridized carbons (Fsp3) is 0.438. The number of hydrogen-bond donors (Lipinski definition) is 3. The zero-order valence-electron chi connectivity index (χ0n) is 23.6. The molecule has 8 heteroatoms. The predicted molar refractivity (Wildman–Crippen MR) is 154 cm³/mol. The molecular formula is C32H38N2O6. The summed E-state index contributed by atoms with van der Waals surface area (Å²) >= 11 is 0. The number of benzene rings is 2. The first-order valence-electron chi connectivity index (χ1n) is 13.8. The van der Waals surface area contributed by atoms with E-state index in [0.717, 1.165) is 22.3 Å². The summed E-state index contributed by atoms with van der Waals surface area (Å²) in [7, 11) is 0. The number of nitrogens with one attached hydrogen (secondary N) is 1. The van der Waals surface area contributed by atoms with Crippen molar-refractivity contribution in [2.24, 2.45) is 16.3 Å². The van der Waals surface area contributed by atoms with Crippen LogP contribution in [0.15, 0.2) is 64.9 Å². The molecule has 0 fully saturated rings. The molecule has 2 aromatic rings. The van der Waals surface area contributed by atoms with Gasteiger partial charge in [0.1, 0.15) is 18.4 Å². The SMILES string of the molecule is CC(C)CC(=NCC[C@H](NC(=O)OCC1c2ccccc2-c2ccccc21)C(=O)O)C1=C(O)CC(C)(C)CC1=O. The van der Waals surface area contributed by atoms with E-state index in [-0.39, 0.29) is 53.9 Å². The highest BCUT2D eigenvalue weighted by molar-refractivity contribution is 6.23. The Kier molecular flexibility index (Phi) is 8.76. The van der Waals surface area contributed by atoms with Crippen molar-refractivity contribution in [3.05, 3.63) is 71.0 Å². The van der Waals surface area contributed by atoms with Crippen LogP contribution >= 0.6 is 0 Å². The van der Waals surface area contributed by atoms with Gasteiger partial charge in [-0.3, -0.25) is 9.79 Å². The summed E-state index contributed by atoms with van der Waals surface area (Å²) in [6, 6.07) is 14.7. The number of Topliss-reactive ketones (excluding diaryl/α,β-unsaturated/α-hetero) is 1. The largest absolute Gasteiger partial charge is 0.511 e. The number of carbonyl (C=O) groups excluding carboxylic acids is 2. The number of alkyl carbamates (subject to hydrolysis) is 1. The lowest BCUT2D eigenvalue weighted by Gasteiger charge is -2.30. The van der Waals surface area contributed by atoms with E-state index in [0.29, 0.717) is 25.0 Å². The molecule has 40 heavy (non-hydrogen) atoms. The maximum absolute atomic E-state index is 12.9. The van der Waals surface area contributed by atoms with Crippen LogP contribution in [0.3, 0.4) is 0 Å². The first kappa shape index (κ1) is 29.1. The molecule has 0 radical (unpaired) electrons. The Morgan fingerprint density at radius 2 is 1.65 bits per heavy atom. The van der Waals surface area contributed by atoms with Gasteiger partial charge in [-0.1, -0.05) is 76.2 Å². The Balaban J connectivity index is 1.40. The molecule has 2 aliphatic rings. The van der Waals surface area contributed by atoms with Gasteiger partial charge in [0.15, 0.2) is 5.78 Å². The monoisotopic (exact) mass is 546 g/mol. The molecule has 0 aliphatic heterocycles. The van der Waals surface area contributed by atoms with E-state index in [1.807, 2.05) is 76.2 Å². The van der Waals surface area contributed by atoms with Gasteiger partial charge < -0.3 is 20.3 Å². The first-order valence-corrected chi connectivity index (χ1v) is 13.8. The van der Waals surface area contributed by atoms with Gasteiger partial charge in [0.2, 0.25) is 0 Å². The maximum Gasteiger partial charge on any atom is 0.407 e. The number of hydrogen-bond acceptors (Lipinski definition) is 6. The van der Waals surface area contributed by atoms with Crippen LogP contribution in [-0.2, 0) is 14.3 Å². The molecule has 2 aliphatic carbocycles. The van der Waals surface area contributed by atoms with Crippen molar-refractivity contribution in [2.75, 3.05) is 13.2 Å². The molecule has 0 spiro atoms. The van der Waals surface area contributed by atoms with Gasteiger partial charge in [0, 0.05) is 31.0 Å². The number of rotatable bonds is 10. The van der Waals surface area contributed by atoms with E-state index in [2.05, 4.69) is 10.3 Å². The molecule has 2 aromatic carbocycles. The van der Waals surface area contributed by atoms with Crippen molar-refractivity contribution in [1.29, 1.82) is 0 Å². The van der Waals surface area contributed by atoms with Crippen LogP contribution < -0.4 is 5.32 Å². The van der Waals surface area contributed by atoms with Crippen LogP contribution in [0.4, 0.5) is 4.79 Å². The van der Waals surface area contributed by atoms with Crippen LogP contribution in [0.1, 0.15) is 70.4 Å². The number of ether oxygens (including phenoxy) is 1. The molecule has 0 saturated carbocycles. The zero-order chi connectivity index (χ0) is 29.0. The lowest BCUT2D eigenvalue weighted by Crippen LogP contribution is -2.42. The number of aliphatic imine (C=N–C) groups is 1. The van der Waals surface area contributed by atoms with Gasteiger partial charge >= 0.3 is 12.1 Å². The van der Waals surface area contributed by atoms with E-state index in [4.69, 9.17) is 4.74 Å². The third kappa shape index (κ3) is 6.61. The third-order valence-corrected chi connectivity index (χ3v) is 7.40. The number of carboxylic acid groups (broad SMARTS) is 1. The Morgan fingerprint density at radius 3 is 2.20 bits per heavy atom. The average Bonchev–Trinajstić information content (AvgIpc) is 3.19. The van der Waals surface area contributed by atoms with Crippen molar-refractivity contribution in [2.45, 2.75) is 65.3 Å². The number of ketones is 1. The molecule has 0 saturated heterocycles. The lowest BCUT2D eigenvalue weighted by atomic mass is 9.75. The van der Waals surface area contributed by atoms with Gasteiger partial charge in [0.05, 0.1) is 5.57 Å². The van der Waals surface area contributed by atoms with E-state index in [1.54, 1.807) is 0 Å². The van der Waals surface area contributed by atoms with Gasteiger partial charge in [-0.2, -0.15) is 0 Å². The standard InChI is InChI=1S/C32H38N2O6/c1-19(2)15-26(29-27(35)16-32(3,4)17-28(29)36)33-14-13-25(30(37)38)34-31(39)40-18-24-22-11-7-5-9-20(22)21-10-6-8-12-23(21)24/h5-12,19,24-25,35H,13-18H2,1-4H3,(H,34,39)(H,37,38)/t25-/m0/s1. The van der Waals surface area contributed by atoms with Crippen molar-refractivity contribution >= 4 is 23.6 Å². The molecule has 0 heterocycles. The van der Waals surface area contributed by atoms with Crippen LogP contribution in [0.5, 0.6) is 0 Å². The Labute approximate surface area is 235 Å². The summed E-state index contributed by atoms with van der Waals surface area (Å²) < 4.78 is 5.51. The second-order valence-corrected chi connectivity index (χ2v) is 11.8. The number of amides is 1. The van der Waals surface area contributed by atoms with E-state index < -0.39 is 18.1 Å². The summed E-state index contributed by atoms with van der Waals surface area (Å²) in [5, 5.41) is 22.8. The molecule has 4 rings (SSSR count). The van der Waals surface area contributed by atoms with Crippen molar-refractivity contribution in [3.8, 4) is 11.1 Å². The number of aliphatic hydroxyl groups excluding tert-OH is 1. The minimum Gasteiger partial charge on any atom is -0.511 e. The number of carboxylic acids is 1. The summed E-state index contributed by atoms with van der Waals surface area (Å²) in [6.07, 6.45) is 0.361. The third-order valence-electron chi connectivity index (χ3n) is 7.40. The lowest BCUT2D eigenvalue weighted by molar-refractivity contribution is -0.139. The summed E-state index contributed by atoms with van der Waals surface area (Å²) in [5.74, 6) is -1.28. The number of nitrogens with zero attached hydrogens (tertiary/aromatic N) is 1. The molecule has 0 aromatic heterocycles. The van der Waals surface area contributed by atoms with Crippen molar-refractivity contribution in [1.82, 2.24) is 5.32 Å². The van der Waals surface area contributed by atoms with Gasteiger partial charge in [0.25, 0.3) is 0 Å². The second-order valence-electron chi connectivity index (χ2n) is 11.8. The Bertz CT molecular complexity index is 1310. The minimum absolute atomic E-state index is 0.00878. The number of aliphatic hydroxyl groups is 1. The highest BCUT2D eigenvalue weighted by atomic mass is 16.5. The summed E-state index contributed by atoms with van der Waals surface area (Å²) in [6.45, 7) is 7.99.